The van der Waals surface area contributed by atoms with Gasteiger partial charge in [0.2, 0.25) is 0 Å². The zero-order valence-corrected chi connectivity index (χ0v) is 17.5. The van der Waals surface area contributed by atoms with E-state index < -0.39 is 22.9 Å². The molecule has 0 atom stereocenters. The van der Waals surface area contributed by atoms with E-state index >= 15 is 0 Å². The Balaban J connectivity index is 1.76. The minimum atomic E-state index is -0.967. The van der Waals surface area contributed by atoms with Crippen molar-refractivity contribution in [2.75, 3.05) is 13.2 Å². The number of benzene rings is 2. The van der Waals surface area contributed by atoms with Crippen molar-refractivity contribution in [3.05, 3.63) is 64.3 Å². The maximum Gasteiger partial charge on any atom is 0.306 e. The van der Waals surface area contributed by atoms with Gasteiger partial charge in [0.15, 0.2) is 11.5 Å². The second-order valence-corrected chi connectivity index (χ2v) is 7.52. The molecule has 1 heterocycles. The number of aliphatic carboxylic acids is 1. The van der Waals surface area contributed by atoms with Crippen LogP contribution in [0.15, 0.2) is 47.4 Å². The maximum atomic E-state index is 13.1. The number of halogens is 1. The van der Waals surface area contributed by atoms with Gasteiger partial charge in [-0.1, -0.05) is 18.2 Å². The highest BCUT2D eigenvalue weighted by molar-refractivity contribution is 8.18. The lowest BCUT2D eigenvalue weighted by molar-refractivity contribution is -0.137. The smallest absolute Gasteiger partial charge is 0.306 e. The Bertz CT molecular complexity index is 1020. The van der Waals surface area contributed by atoms with Crippen molar-refractivity contribution < 1.29 is 33.4 Å². The summed E-state index contributed by atoms with van der Waals surface area (Å²) in [5.41, 5.74) is 1.27. The van der Waals surface area contributed by atoms with Gasteiger partial charge < -0.3 is 14.6 Å². The number of rotatable bonds is 9. The van der Waals surface area contributed by atoms with Gasteiger partial charge in [0.1, 0.15) is 5.82 Å². The first-order valence-electron chi connectivity index (χ1n) is 9.48. The molecule has 0 aromatic heterocycles. The zero-order valence-electron chi connectivity index (χ0n) is 16.7. The topological polar surface area (TPSA) is 93.1 Å². The third kappa shape index (κ3) is 5.85. The Kier molecular flexibility index (Phi) is 7.30. The lowest BCUT2D eigenvalue weighted by atomic mass is 10.1. The molecule has 9 heteroatoms. The van der Waals surface area contributed by atoms with Crippen molar-refractivity contribution in [2.24, 2.45) is 0 Å². The molecule has 162 valence electrons. The summed E-state index contributed by atoms with van der Waals surface area (Å²) in [6.45, 7) is 2.22. The van der Waals surface area contributed by atoms with E-state index in [4.69, 9.17) is 14.6 Å². The summed E-state index contributed by atoms with van der Waals surface area (Å²) in [5.74, 6) is -0.986. The van der Waals surface area contributed by atoms with E-state index in [2.05, 4.69) is 0 Å². The van der Waals surface area contributed by atoms with Crippen molar-refractivity contribution in [3.8, 4) is 11.5 Å². The highest BCUT2D eigenvalue weighted by Gasteiger charge is 2.35. The van der Waals surface area contributed by atoms with Crippen LogP contribution in [0.1, 0.15) is 24.5 Å². The van der Waals surface area contributed by atoms with Crippen LogP contribution in [-0.2, 0) is 16.1 Å². The molecule has 1 aliphatic heterocycles. The molecule has 1 fully saturated rings. The highest BCUT2D eigenvalue weighted by Crippen LogP contribution is 2.35. The van der Waals surface area contributed by atoms with Crippen molar-refractivity contribution >= 4 is 35.0 Å². The Labute approximate surface area is 182 Å². The Hall–Kier alpha value is -3.33. The first-order valence-corrected chi connectivity index (χ1v) is 10.3. The summed E-state index contributed by atoms with van der Waals surface area (Å²) in [6, 6.07) is 10.6. The van der Waals surface area contributed by atoms with Crippen LogP contribution in [0, 0.1) is 5.82 Å². The Morgan fingerprint density at radius 1 is 1.13 bits per heavy atom. The summed E-state index contributed by atoms with van der Waals surface area (Å²) in [7, 11) is 0. The summed E-state index contributed by atoms with van der Waals surface area (Å²) >= 11 is 0.827. The number of hydrogen-bond acceptors (Lipinski definition) is 6. The van der Waals surface area contributed by atoms with Gasteiger partial charge in [-0.2, -0.15) is 0 Å². The predicted octanol–water partition coefficient (Wildman–Crippen LogP) is 4.31. The van der Waals surface area contributed by atoms with Crippen molar-refractivity contribution in [2.45, 2.75) is 19.9 Å². The molecule has 0 saturated carbocycles. The molecular weight excluding hydrogens is 425 g/mol. The fourth-order valence-corrected chi connectivity index (χ4v) is 3.65. The third-order valence-electron chi connectivity index (χ3n) is 4.27. The van der Waals surface area contributed by atoms with Crippen LogP contribution in [0.3, 0.4) is 0 Å². The summed E-state index contributed by atoms with van der Waals surface area (Å²) in [4.78, 5) is 37.0. The van der Waals surface area contributed by atoms with Crippen LogP contribution in [0.25, 0.3) is 6.08 Å². The van der Waals surface area contributed by atoms with E-state index in [1.165, 1.54) is 24.3 Å². The van der Waals surface area contributed by atoms with Crippen LogP contribution >= 0.6 is 11.8 Å². The fraction of sp³-hybridized carbons (Fsp3) is 0.227. The van der Waals surface area contributed by atoms with E-state index in [0.29, 0.717) is 29.2 Å². The molecule has 2 amide bonds. The number of amides is 2. The largest absolute Gasteiger partial charge is 0.490 e. The molecule has 31 heavy (non-hydrogen) atoms. The average molecular weight is 445 g/mol. The molecule has 7 nitrogen and oxygen atoms in total. The van der Waals surface area contributed by atoms with Gasteiger partial charge in [0.05, 0.1) is 31.1 Å². The molecule has 0 radical (unpaired) electrons. The molecular formula is C22H20FNO6S. The second-order valence-electron chi connectivity index (χ2n) is 6.53. The van der Waals surface area contributed by atoms with Gasteiger partial charge >= 0.3 is 5.97 Å². The predicted molar refractivity (Wildman–Crippen MR) is 113 cm³/mol. The standard InChI is InChI=1S/C22H20FNO6S/c1-2-29-18-11-15(5-8-17(18)30-10-9-20(25)26)12-19-21(27)24(22(28)31-19)13-14-3-6-16(23)7-4-14/h3-8,11-12H,2,9-10,13H2,1H3,(H,25,26)/b19-12+. The monoisotopic (exact) mass is 445 g/mol. The van der Waals surface area contributed by atoms with Crippen LogP contribution in [0.5, 0.6) is 11.5 Å². The fourth-order valence-electron chi connectivity index (χ4n) is 2.81. The molecule has 0 spiro atoms. The van der Waals surface area contributed by atoms with E-state index in [0.717, 1.165) is 16.7 Å². The number of ether oxygens (including phenoxy) is 2. The number of carbonyl (C=O) groups excluding carboxylic acids is 2. The number of imide groups is 1. The summed E-state index contributed by atoms with van der Waals surface area (Å²) < 4.78 is 24.1. The van der Waals surface area contributed by atoms with E-state index in [-0.39, 0.29) is 24.5 Å². The van der Waals surface area contributed by atoms with Gasteiger partial charge in [0.25, 0.3) is 11.1 Å². The van der Waals surface area contributed by atoms with Crippen LogP contribution in [-0.4, -0.2) is 40.3 Å². The minimum Gasteiger partial charge on any atom is -0.490 e. The molecule has 0 bridgehead atoms. The molecule has 1 aliphatic rings. The van der Waals surface area contributed by atoms with Crippen LogP contribution in [0.4, 0.5) is 9.18 Å². The maximum absolute atomic E-state index is 13.1. The van der Waals surface area contributed by atoms with Crippen LogP contribution < -0.4 is 9.47 Å². The van der Waals surface area contributed by atoms with Crippen LogP contribution in [0.2, 0.25) is 0 Å². The Morgan fingerprint density at radius 3 is 2.55 bits per heavy atom. The molecule has 3 rings (SSSR count). The molecule has 2 aromatic rings. The van der Waals surface area contributed by atoms with E-state index in [1.54, 1.807) is 31.2 Å². The first kappa shape index (κ1) is 22.4. The first-order chi connectivity index (χ1) is 14.9. The SMILES string of the molecule is CCOc1cc(/C=C2/SC(=O)N(Cc3ccc(F)cc3)C2=O)ccc1OCCC(=O)O. The summed E-state index contributed by atoms with van der Waals surface area (Å²) in [6.07, 6.45) is 1.44. The van der Waals surface area contributed by atoms with E-state index in [1.807, 2.05) is 0 Å². The molecule has 0 unspecified atom stereocenters. The molecule has 1 N–H and O–H groups in total. The number of carboxylic acids is 1. The molecule has 1 saturated heterocycles. The van der Waals surface area contributed by atoms with Gasteiger partial charge in [-0.05, 0) is 60.2 Å². The highest BCUT2D eigenvalue weighted by atomic mass is 32.2. The van der Waals surface area contributed by atoms with Crippen molar-refractivity contribution in [1.82, 2.24) is 4.90 Å². The van der Waals surface area contributed by atoms with Gasteiger partial charge in [-0.25, -0.2) is 4.39 Å². The molecule has 2 aromatic carbocycles. The third-order valence-corrected chi connectivity index (χ3v) is 5.17. The zero-order chi connectivity index (χ0) is 22.4. The number of carboxylic acid groups (broad SMARTS) is 1. The molecule has 0 aliphatic carbocycles. The number of hydrogen-bond donors (Lipinski definition) is 1. The lowest BCUT2D eigenvalue weighted by Gasteiger charge is -2.13. The van der Waals surface area contributed by atoms with Gasteiger partial charge in [-0.15, -0.1) is 0 Å². The quantitative estimate of drug-likeness (QED) is 0.575. The summed E-state index contributed by atoms with van der Waals surface area (Å²) in [5, 5.41) is 8.34. The van der Waals surface area contributed by atoms with Gasteiger partial charge in [0, 0.05) is 0 Å². The minimum absolute atomic E-state index is 0.00295. The Morgan fingerprint density at radius 2 is 1.87 bits per heavy atom. The average Bonchev–Trinajstić information content (AvgIpc) is 2.98. The number of thioether (sulfide) groups is 1. The van der Waals surface area contributed by atoms with Crippen molar-refractivity contribution in [1.29, 1.82) is 0 Å². The normalized spacial score (nSPS) is 14.9. The number of nitrogens with zero attached hydrogens (tertiary/aromatic N) is 1. The lowest BCUT2D eigenvalue weighted by Crippen LogP contribution is -2.27. The van der Waals surface area contributed by atoms with Gasteiger partial charge in [-0.3, -0.25) is 19.3 Å². The number of carbonyl (C=O) groups is 3. The van der Waals surface area contributed by atoms with E-state index in [9.17, 15) is 18.8 Å². The second kappa shape index (κ2) is 10.1. The van der Waals surface area contributed by atoms with Crippen molar-refractivity contribution in [3.63, 3.8) is 0 Å².